The summed E-state index contributed by atoms with van der Waals surface area (Å²) in [6.07, 6.45) is 2.30. The summed E-state index contributed by atoms with van der Waals surface area (Å²) in [5.41, 5.74) is 1.93. The minimum Gasteiger partial charge on any atom is -0.345 e. The van der Waals surface area contributed by atoms with Crippen LogP contribution < -0.4 is 10.6 Å². The Balaban J connectivity index is 1.37. The molecule has 8 heteroatoms. The number of carbonyl (C=O) groups is 2. The van der Waals surface area contributed by atoms with Gasteiger partial charge in [0.25, 0.3) is 5.91 Å². The van der Waals surface area contributed by atoms with Gasteiger partial charge in [0.15, 0.2) is 5.16 Å². The molecule has 1 aliphatic carbocycles. The number of hydrogen-bond donors (Lipinski definition) is 2. The molecule has 160 valence electrons. The molecular formula is C23H25N5O2S. The number of benzene rings is 2. The summed E-state index contributed by atoms with van der Waals surface area (Å²) in [5.74, 6) is 1.24. The molecule has 0 bridgehead atoms. The second-order valence-electron chi connectivity index (χ2n) is 7.66. The van der Waals surface area contributed by atoms with Crippen LogP contribution in [0, 0.1) is 0 Å². The van der Waals surface area contributed by atoms with Crippen LogP contribution in [0.25, 0.3) is 0 Å². The van der Waals surface area contributed by atoms with Crippen LogP contribution in [0.15, 0.2) is 59.8 Å². The Hall–Kier alpha value is -3.13. The van der Waals surface area contributed by atoms with Gasteiger partial charge < -0.3 is 15.2 Å². The van der Waals surface area contributed by atoms with Crippen molar-refractivity contribution in [1.82, 2.24) is 20.1 Å². The minimum absolute atomic E-state index is 0.149. The standard InChI is InChI=1S/C23H25N5O2S/c1-15(16-8-4-3-5-9-16)24-22(30)18-10-6-7-11-19(18)25-20(29)14-31-23-27-26-21(28(23)2)17-12-13-17/h3-11,15,17H,12-14H2,1-2H3,(H,24,30)(H,25,29)/t15-/m1/s1. The molecule has 1 aliphatic rings. The molecule has 0 radical (unpaired) electrons. The normalized spacial score (nSPS) is 14.1. The van der Waals surface area contributed by atoms with E-state index in [9.17, 15) is 9.59 Å². The average Bonchev–Trinajstić information content (AvgIpc) is 3.56. The third-order valence-electron chi connectivity index (χ3n) is 5.24. The van der Waals surface area contributed by atoms with Crippen molar-refractivity contribution in [2.24, 2.45) is 7.05 Å². The van der Waals surface area contributed by atoms with E-state index in [-0.39, 0.29) is 23.6 Å². The molecule has 3 aromatic rings. The molecule has 4 rings (SSSR count). The Kier molecular flexibility index (Phi) is 6.36. The van der Waals surface area contributed by atoms with Gasteiger partial charge in [-0.15, -0.1) is 10.2 Å². The summed E-state index contributed by atoms with van der Waals surface area (Å²) in [7, 11) is 1.93. The van der Waals surface area contributed by atoms with Crippen molar-refractivity contribution in [2.45, 2.75) is 36.9 Å². The van der Waals surface area contributed by atoms with Crippen LogP contribution in [0.2, 0.25) is 0 Å². The third kappa shape index (κ3) is 5.14. The van der Waals surface area contributed by atoms with Gasteiger partial charge in [0.1, 0.15) is 5.82 Å². The first-order chi connectivity index (χ1) is 15.0. The Morgan fingerprint density at radius 2 is 1.81 bits per heavy atom. The second-order valence-corrected chi connectivity index (χ2v) is 8.60. The van der Waals surface area contributed by atoms with Gasteiger partial charge in [-0.3, -0.25) is 9.59 Å². The van der Waals surface area contributed by atoms with Gasteiger partial charge in [-0.05, 0) is 37.5 Å². The fourth-order valence-electron chi connectivity index (χ4n) is 3.35. The molecule has 2 N–H and O–H groups in total. The third-order valence-corrected chi connectivity index (χ3v) is 6.26. The number of para-hydroxylation sites is 1. The number of hydrogen-bond acceptors (Lipinski definition) is 5. The fraction of sp³-hybridized carbons (Fsp3) is 0.304. The number of amides is 2. The van der Waals surface area contributed by atoms with Crippen LogP contribution >= 0.6 is 11.8 Å². The van der Waals surface area contributed by atoms with Crippen molar-refractivity contribution >= 4 is 29.3 Å². The van der Waals surface area contributed by atoms with Gasteiger partial charge in [-0.25, -0.2) is 0 Å². The van der Waals surface area contributed by atoms with Gasteiger partial charge in [0, 0.05) is 13.0 Å². The predicted octanol–water partition coefficient (Wildman–Crippen LogP) is 3.91. The monoisotopic (exact) mass is 435 g/mol. The minimum atomic E-state index is -0.234. The van der Waals surface area contributed by atoms with Crippen LogP contribution in [-0.4, -0.2) is 32.3 Å². The van der Waals surface area contributed by atoms with Crippen LogP contribution in [0.5, 0.6) is 0 Å². The zero-order valence-electron chi connectivity index (χ0n) is 17.5. The highest BCUT2D eigenvalue weighted by Gasteiger charge is 2.29. The van der Waals surface area contributed by atoms with Crippen molar-refractivity contribution in [2.75, 3.05) is 11.1 Å². The largest absolute Gasteiger partial charge is 0.345 e. The van der Waals surface area contributed by atoms with Crippen LogP contribution in [-0.2, 0) is 11.8 Å². The van der Waals surface area contributed by atoms with Crippen molar-refractivity contribution in [3.05, 3.63) is 71.5 Å². The molecule has 0 saturated heterocycles. The zero-order chi connectivity index (χ0) is 21.8. The van der Waals surface area contributed by atoms with Crippen LogP contribution in [0.3, 0.4) is 0 Å². The van der Waals surface area contributed by atoms with Crippen molar-refractivity contribution in [3.63, 3.8) is 0 Å². The van der Waals surface area contributed by atoms with Crippen molar-refractivity contribution in [3.8, 4) is 0 Å². The van der Waals surface area contributed by atoms with E-state index in [1.807, 2.05) is 48.9 Å². The smallest absolute Gasteiger partial charge is 0.253 e. The molecular weight excluding hydrogens is 410 g/mol. The SMILES string of the molecule is C[C@@H](NC(=O)c1ccccc1NC(=O)CSc1nnc(C2CC2)n1C)c1ccccc1. The molecule has 7 nitrogen and oxygen atoms in total. The number of rotatable bonds is 8. The molecule has 2 amide bonds. The molecule has 0 unspecified atom stereocenters. The first-order valence-corrected chi connectivity index (χ1v) is 11.3. The first kappa shape index (κ1) is 21.1. The maximum Gasteiger partial charge on any atom is 0.253 e. The maximum atomic E-state index is 12.8. The summed E-state index contributed by atoms with van der Waals surface area (Å²) >= 11 is 1.34. The molecule has 1 heterocycles. The molecule has 31 heavy (non-hydrogen) atoms. The lowest BCUT2D eigenvalue weighted by Gasteiger charge is -2.16. The van der Waals surface area contributed by atoms with Gasteiger partial charge in [0.05, 0.1) is 23.0 Å². The molecule has 0 aliphatic heterocycles. The van der Waals surface area contributed by atoms with E-state index in [1.165, 1.54) is 11.8 Å². The number of nitrogens with one attached hydrogen (secondary N) is 2. The molecule has 1 saturated carbocycles. The summed E-state index contributed by atoms with van der Waals surface area (Å²) in [5, 5.41) is 15.0. The van der Waals surface area contributed by atoms with E-state index in [0.29, 0.717) is 17.2 Å². The predicted molar refractivity (Wildman–Crippen MR) is 121 cm³/mol. The fourth-order valence-corrected chi connectivity index (χ4v) is 4.07. The molecule has 0 spiro atoms. The topological polar surface area (TPSA) is 88.9 Å². The first-order valence-electron chi connectivity index (χ1n) is 10.3. The summed E-state index contributed by atoms with van der Waals surface area (Å²) in [4.78, 5) is 25.4. The quantitative estimate of drug-likeness (QED) is 0.524. The van der Waals surface area contributed by atoms with Crippen molar-refractivity contribution < 1.29 is 9.59 Å². The number of carbonyl (C=O) groups excluding carboxylic acids is 2. The Bertz CT molecular complexity index is 1080. The maximum absolute atomic E-state index is 12.8. The highest BCUT2D eigenvalue weighted by molar-refractivity contribution is 7.99. The number of anilines is 1. The lowest BCUT2D eigenvalue weighted by atomic mass is 10.1. The number of nitrogens with zero attached hydrogens (tertiary/aromatic N) is 3. The number of aromatic nitrogens is 3. The van der Waals surface area contributed by atoms with Crippen LogP contribution in [0.1, 0.15) is 53.5 Å². The van der Waals surface area contributed by atoms with Gasteiger partial charge in [-0.2, -0.15) is 0 Å². The Morgan fingerprint density at radius 3 is 2.55 bits per heavy atom. The van der Waals surface area contributed by atoms with Crippen LogP contribution in [0.4, 0.5) is 5.69 Å². The van der Waals surface area contributed by atoms with E-state index in [2.05, 4.69) is 20.8 Å². The molecule has 2 aromatic carbocycles. The summed E-state index contributed by atoms with van der Waals surface area (Å²) in [6, 6.07) is 16.6. The van der Waals surface area contributed by atoms with E-state index in [0.717, 1.165) is 29.4 Å². The lowest BCUT2D eigenvalue weighted by molar-refractivity contribution is -0.113. The summed E-state index contributed by atoms with van der Waals surface area (Å²) in [6.45, 7) is 1.93. The molecule has 1 aromatic heterocycles. The van der Waals surface area contributed by atoms with Gasteiger partial charge in [0.2, 0.25) is 5.91 Å². The van der Waals surface area contributed by atoms with Gasteiger partial charge in [-0.1, -0.05) is 54.2 Å². The molecule has 1 fully saturated rings. The number of thioether (sulfide) groups is 1. The molecule has 1 atom stereocenters. The second kappa shape index (κ2) is 9.34. The Labute approximate surface area is 185 Å². The van der Waals surface area contributed by atoms with E-state index >= 15 is 0 Å². The highest BCUT2D eigenvalue weighted by Crippen LogP contribution is 2.39. The summed E-state index contributed by atoms with van der Waals surface area (Å²) < 4.78 is 1.96. The van der Waals surface area contributed by atoms with Crippen molar-refractivity contribution in [1.29, 1.82) is 0 Å². The van der Waals surface area contributed by atoms with E-state index < -0.39 is 0 Å². The lowest BCUT2D eigenvalue weighted by Crippen LogP contribution is -2.28. The van der Waals surface area contributed by atoms with Gasteiger partial charge >= 0.3 is 0 Å². The van der Waals surface area contributed by atoms with E-state index in [1.54, 1.807) is 24.3 Å². The highest BCUT2D eigenvalue weighted by atomic mass is 32.2. The van der Waals surface area contributed by atoms with E-state index in [4.69, 9.17) is 0 Å². The average molecular weight is 436 g/mol. The Morgan fingerprint density at radius 1 is 1.10 bits per heavy atom. The zero-order valence-corrected chi connectivity index (χ0v) is 18.4.